The molecule has 0 saturated heterocycles. The molecule has 1 N–H and O–H groups in total. The van der Waals surface area contributed by atoms with Gasteiger partial charge in [0.1, 0.15) is 5.75 Å². The predicted octanol–water partition coefficient (Wildman–Crippen LogP) is 3.37. The van der Waals surface area contributed by atoms with Crippen molar-refractivity contribution in [1.82, 2.24) is 0 Å². The van der Waals surface area contributed by atoms with Crippen LogP contribution in [-0.2, 0) is 14.3 Å². The molecule has 0 heterocycles. The van der Waals surface area contributed by atoms with Crippen molar-refractivity contribution in [2.75, 3.05) is 19.0 Å². The van der Waals surface area contributed by atoms with Crippen molar-refractivity contribution in [1.29, 1.82) is 0 Å². The lowest BCUT2D eigenvalue weighted by Crippen LogP contribution is -2.21. The molecule has 2 rings (SSSR count). The zero-order valence-corrected chi connectivity index (χ0v) is 13.8. The summed E-state index contributed by atoms with van der Waals surface area (Å²) in [5, 5.41) is 2.66. The molecule has 0 unspecified atom stereocenters. The van der Waals surface area contributed by atoms with Crippen LogP contribution in [-0.4, -0.2) is 25.6 Å². The number of rotatable bonds is 7. The van der Waals surface area contributed by atoms with Gasteiger partial charge in [-0.25, -0.2) is 0 Å². The topological polar surface area (TPSA) is 64.6 Å². The second kappa shape index (κ2) is 8.72. The van der Waals surface area contributed by atoms with Gasteiger partial charge in [0.2, 0.25) is 0 Å². The van der Waals surface area contributed by atoms with Gasteiger partial charge in [-0.2, -0.15) is 0 Å². The number of ether oxygens (including phenoxy) is 2. The van der Waals surface area contributed by atoms with E-state index >= 15 is 0 Å². The van der Waals surface area contributed by atoms with Crippen LogP contribution in [0.25, 0.3) is 0 Å². The summed E-state index contributed by atoms with van der Waals surface area (Å²) >= 11 is 0. The first-order valence-corrected chi connectivity index (χ1v) is 7.73. The van der Waals surface area contributed by atoms with Crippen LogP contribution in [0, 0.1) is 0 Å². The van der Waals surface area contributed by atoms with Crippen molar-refractivity contribution < 1.29 is 19.1 Å². The van der Waals surface area contributed by atoms with Gasteiger partial charge in [0.05, 0.1) is 13.5 Å². The summed E-state index contributed by atoms with van der Waals surface area (Å²) in [6.45, 7) is 1.64. The zero-order chi connectivity index (χ0) is 17.4. The van der Waals surface area contributed by atoms with Crippen molar-refractivity contribution in [2.24, 2.45) is 0 Å². The van der Waals surface area contributed by atoms with E-state index in [0.717, 1.165) is 5.56 Å². The van der Waals surface area contributed by atoms with E-state index in [0.29, 0.717) is 11.4 Å². The van der Waals surface area contributed by atoms with Crippen LogP contribution in [0.4, 0.5) is 5.69 Å². The number of carbonyl (C=O) groups is 2. The molecule has 2 aromatic rings. The molecule has 0 aromatic heterocycles. The molecule has 0 radical (unpaired) electrons. The highest BCUT2D eigenvalue weighted by atomic mass is 16.5. The normalized spacial score (nSPS) is 11.4. The molecule has 24 heavy (non-hydrogen) atoms. The van der Waals surface area contributed by atoms with E-state index in [9.17, 15) is 9.59 Å². The Kier molecular flexibility index (Phi) is 6.37. The van der Waals surface area contributed by atoms with E-state index in [1.807, 2.05) is 37.3 Å². The minimum Gasteiger partial charge on any atom is -0.497 e. The third kappa shape index (κ3) is 5.43. The highest BCUT2D eigenvalue weighted by Crippen LogP contribution is 2.19. The van der Waals surface area contributed by atoms with Gasteiger partial charge >= 0.3 is 5.97 Å². The Morgan fingerprint density at radius 1 is 1.08 bits per heavy atom. The van der Waals surface area contributed by atoms with Crippen LogP contribution in [0.1, 0.15) is 24.8 Å². The molecule has 2 aromatic carbocycles. The molecule has 0 aliphatic rings. The zero-order valence-electron chi connectivity index (χ0n) is 13.8. The fourth-order valence-electron chi connectivity index (χ4n) is 2.25. The maximum Gasteiger partial charge on any atom is 0.306 e. The van der Waals surface area contributed by atoms with Crippen molar-refractivity contribution in [3.05, 3.63) is 60.2 Å². The molecular weight excluding hydrogens is 306 g/mol. The summed E-state index contributed by atoms with van der Waals surface area (Å²) in [6.07, 6.45) is 0.233. The molecule has 1 atom stereocenters. The number of esters is 1. The second-order valence-corrected chi connectivity index (χ2v) is 5.46. The summed E-state index contributed by atoms with van der Waals surface area (Å²) in [4.78, 5) is 23.7. The van der Waals surface area contributed by atoms with Gasteiger partial charge in [-0.1, -0.05) is 43.3 Å². The van der Waals surface area contributed by atoms with Crippen LogP contribution in [0.5, 0.6) is 5.75 Å². The van der Waals surface area contributed by atoms with Crippen LogP contribution < -0.4 is 10.1 Å². The van der Waals surface area contributed by atoms with Gasteiger partial charge in [-0.3, -0.25) is 9.59 Å². The van der Waals surface area contributed by atoms with Crippen molar-refractivity contribution in [2.45, 2.75) is 19.3 Å². The standard InChI is InChI=1S/C19H21NO4/c1-14(15-7-4-3-5-8-15)11-19(22)24-13-18(21)20-16-9-6-10-17(12-16)23-2/h3-10,12,14H,11,13H2,1-2H3,(H,20,21)/t14-/m1/s1. The minimum atomic E-state index is -0.396. The van der Waals surface area contributed by atoms with Gasteiger partial charge in [-0.15, -0.1) is 0 Å². The molecule has 0 aliphatic heterocycles. The van der Waals surface area contributed by atoms with E-state index in [-0.39, 0.29) is 24.9 Å². The van der Waals surface area contributed by atoms with Gasteiger partial charge < -0.3 is 14.8 Å². The Balaban J connectivity index is 1.77. The Labute approximate surface area is 141 Å². The van der Waals surface area contributed by atoms with Gasteiger partial charge in [-0.05, 0) is 23.6 Å². The molecule has 5 heteroatoms. The minimum absolute atomic E-state index is 0.0418. The molecule has 0 saturated carbocycles. The molecule has 0 bridgehead atoms. The van der Waals surface area contributed by atoms with Crippen LogP contribution in [0.15, 0.2) is 54.6 Å². The van der Waals surface area contributed by atoms with Crippen molar-refractivity contribution in [3.63, 3.8) is 0 Å². The third-order valence-corrected chi connectivity index (χ3v) is 3.56. The van der Waals surface area contributed by atoms with E-state index in [1.54, 1.807) is 31.4 Å². The lowest BCUT2D eigenvalue weighted by Gasteiger charge is -2.11. The summed E-state index contributed by atoms with van der Waals surface area (Å²) < 4.78 is 10.1. The summed E-state index contributed by atoms with van der Waals surface area (Å²) in [6, 6.07) is 16.7. The number of nitrogens with one attached hydrogen (secondary N) is 1. The first-order chi connectivity index (χ1) is 11.6. The van der Waals surface area contributed by atoms with Crippen LogP contribution in [0.3, 0.4) is 0 Å². The number of hydrogen-bond acceptors (Lipinski definition) is 4. The summed E-state index contributed by atoms with van der Waals surface area (Å²) in [5.74, 6) is -0.0993. The Morgan fingerprint density at radius 3 is 2.54 bits per heavy atom. The third-order valence-electron chi connectivity index (χ3n) is 3.56. The Morgan fingerprint density at radius 2 is 1.83 bits per heavy atom. The average molecular weight is 327 g/mol. The maximum atomic E-state index is 11.9. The van der Waals surface area contributed by atoms with E-state index in [2.05, 4.69) is 5.32 Å². The second-order valence-electron chi connectivity index (χ2n) is 5.46. The SMILES string of the molecule is COc1cccc(NC(=O)COC(=O)C[C@@H](C)c2ccccc2)c1. The average Bonchev–Trinajstić information content (AvgIpc) is 2.61. The first kappa shape index (κ1) is 17.5. The van der Waals surface area contributed by atoms with E-state index in [4.69, 9.17) is 9.47 Å². The molecule has 0 spiro atoms. The monoisotopic (exact) mass is 327 g/mol. The largest absolute Gasteiger partial charge is 0.497 e. The Hall–Kier alpha value is -2.82. The van der Waals surface area contributed by atoms with Crippen molar-refractivity contribution >= 4 is 17.6 Å². The maximum absolute atomic E-state index is 11.9. The van der Waals surface area contributed by atoms with Gasteiger partial charge in [0.25, 0.3) is 5.91 Å². The van der Waals surface area contributed by atoms with Crippen LogP contribution in [0.2, 0.25) is 0 Å². The molecule has 5 nitrogen and oxygen atoms in total. The number of amides is 1. The van der Waals surface area contributed by atoms with Crippen LogP contribution >= 0.6 is 0 Å². The molecular formula is C19H21NO4. The predicted molar refractivity (Wildman–Crippen MR) is 92.1 cm³/mol. The number of methoxy groups -OCH3 is 1. The molecule has 0 fully saturated rings. The lowest BCUT2D eigenvalue weighted by atomic mass is 9.98. The molecule has 126 valence electrons. The number of benzene rings is 2. The molecule has 1 amide bonds. The lowest BCUT2D eigenvalue weighted by molar-refractivity contribution is -0.147. The Bertz CT molecular complexity index is 685. The number of hydrogen-bond donors (Lipinski definition) is 1. The highest BCUT2D eigenvalue weighted by Gasteiger charge is 2.13. The number of carbonyl (C=O) groups excluding carboxylic acids is 2. The quantitative estimate of drug-likeness (QED) is 0.792. The fourth-order valence-corrected chi connectivity index (χ4v) is 2.25. The summed E-state index contributed by atoms with van der Waals surface area (Å²) in [5.41, 5.74) is 1.66. The summed E-state index contributed by atoms with van der Waals surface area (Å²) in [7, 11) is 1.55. The van der Waals surface area contributed by atoms with E-state index < -0.39 is 5.97 Å². The molecule has 0 aliphatic carbocycles. The highest BCUT2D eigenvalue weighted by molar-refractivity contribution is 5.93. The van der Waals surface area contributed by atoms with Crippen molar-refractivity contribution in [3.8, 4) is 5.75 Å². The number of anilines is 1. The fraction of sp³-hybridized carbons (Fsp3) is 0.263. The van der Waals surface area contributed by atoms with E-state index in [1.165, 1.54) is 0 Å². The first-order valence-electron chi connectivity index (χ1n) is 7.73. The van der Waals surface area contributed by atoms with Gasteiger partial charge in [0, 0.05) is 11.8 Å². The van der Waals surface area contributed by atoms with Gasteiger partial charge in [0.15, 0.2) is 6.61 Å². The smallest absolute Gasteiger partial charge is 0.306 e.